The van der Waals surface area contributed by atoms with E-state index in [1.54, 1.807) is 4.90 Å². The molecule has 3 N–H and O–H groups in total. The van der Waals surface area contributed by atoms with Gasteiger partial charge in [-0.1, -0.05) is 106 Å². The first kappa shape index (κ1) is 40.6. The molecular formula is C43H49F3N2O5. The Labute approximate surface area is 310 Å². The highest BCUT2D eigenvalue weighted by molar-refractivity contribution is 5.87. The number of nitrogens with zero attached hydrogens (tertiary/aromatic N) is 1. The van der Waals surface area contributed by atoms with Crippen LogP contribution in [0.15, 0.2) is 97.1 Å². The summed E-state index contributed by atoms with van der Waals surface area (Å²) in [4.78, 5) is 37.3. The third-order valence-corrected chi connectivity index (χ3v) is 9.54. The number of carbonyl (C=O) groups is 3. The van der Waals surface area contributed by atoms with Crippen LogP contribution in [0.1, 0.15) is 80.2 Å². The Morgan fingerprint density at radius 3 is 2.11 bits per heavy atom. The molecule has 0 radical (unpaired) electrons. The average molecular weight is 731 g/mol. The highest BCUT2D eigenvalue weighted by Gasteiger charge is 2.34. The van der Waals surface area contributed by atoms with Crippen molar-refractivity contribution in [3.63, 3.8) is 0 Å². The number of amides is 2. The molecule has 4 aromatic rings. The second kappa shape index (κ2) is 19.6. The van der Waals surface area contributed by atoms with Gasteiger partial charge >= 0.3 is 12.1 Å². The maximum absolute atomic E-state index is 13.1. The van der Waals surface area contributed by atoms with Gasteiger partial charge in [0.1, 0.15) is 11.8 Å². The monoisotopic (exact) mass is 730 g/mol. The molecule has 0 aromatic heterocycles. The maximum atomic E-state index is 13.1. The average Bonchev–Trinajstić information content (AvgIpc) is 3.15. The molecule has 5 rings (SSSR count). The van der Waals surface area contributed by atoms with Gasteiger partial charge < -0.3 is 20.5 Å². The van der Waals surface area contributed by atoms with Gasteiger partial charge in [-0.05, 0) is 82.8 Å². The number of rotatable bonds is 15. The minimum atomic E-state index is -4.33. The molecule has 0 fully saturated rings. The third-order valence-electron chi connectivity index (χ3n) is 9.54. The summed E-state index contributed by atoms with van der Waals surface area (Å²) in [5, 5.41) is 8.61. The van der Waals surface area contributed by atoms with Crippen LogP contribution in [0.2, 0.25) is 0 Å². The molecule has 0 bridgehead atoms. The summed E-state index contributed by atoms with van der Waals surface area (Å²) in [6.07, 6.45) is 1.36. The summed E-state index contributed by atoms with van der Waals surface area (Å²) in [7, 11) is 0. The van der Waals surface area contributed by atoms with Gasteiger partial charge in [-0.3, -0.25) is 14.4 Å². The molecule has 1 aliphatic rings. The zero-order chi connectivity index (χ0) is 38.4. The fraction of sp³-hybridized carbons (Fsp3) is 0.372. The summed E-state index contributed by atoms with van der Waals surface area (Å²) in [5.74, 6) is -0.355. The second-order valence-corrected chi connectivity index (χ2v) is 13.4. The van der Waals surface area contributed by atoms with Crippen molar-refractivity contribution >= 4 is 17.8 Å². The standard InChI is InChI=1S/C28H35F3N2O3.C15H14O2/c1-3-6-19(4-2)15-26(34)33-18-22-16-24(13-10-21(22)17-25(33)27(32)35)36-14-5-7-20-8-11-23(12-9-20)28(29,30)31;16-15(17)11-8-12-6-9-14(10-7-12)13-4-2-1-3-5-13/h8-13,16,19,25H,3-7,14-15,17-18H2,1-2H3,(H2,32,35);1-7,9-10H,8,11H2,(H,16,17). The topological polar surface area (TPSA) is 110 Å². The van der Waals surface area contributed by atoms with Crippen LogP contribution < -0.4 is 10.5 Å². The summed E-state index contributed by atoms with van der Waals surface area (Å²) in [6.45, 7) is 4.89. The van der Waals surface area contributed by atoms with E-state index in [0.29, 0.717) is 51.0 Å². The van der Waals surface area contributed by atoms with E-state index >= 15 is 0 Å². The number of nitrogens with two attached hydrogens (primary N) is 1. The lowest BCUT2D eigenvalue weighted by Gasteiger charge is -2.36. The zero-order valence-electron chi connectivity index (χ0n) is 30.4. The van der Waals surface area contributed by atoms with Crippen molar-refractivity contribution in [2.75, 3.05) is 6.61 Å². The van der Waals surface area contributed by atoms with Gasteiger partial charge in [-0.15, -0.1) is 0 Å². The Morgan fingerprint density at radius 2 is 1.51 bits per heavy atom. The Bertz CT molecular complexity index is 1780. The van der Waals surface area contributed by atoms with E-state index < -0.39 is 29.7 Å². The smallest absolute Gasteiger partial charge is 0.416 e. The summed E-state index contributed by atoms with van der Waals surface area (Å²) < 4.78 is 44.0. The molecule has 0 saturated heterocycles. The fourth-order valence-corrected chi connectivity index (χ4v) is 6.46. The van der Waals surface area contributed by atoms with Crippen molar-refractivity contribution in [1.82, 2.24) is 4.90 Å². The van der Waals surface area contributed by atoms with Crippen molar-refractivity contribution in [2.45, 2.75) is 90.4 Å². The largest absolute Gasteiger partial charge is 0.494 e. The van der Waals surface area contributed by atoms with Gasteiger partial charge in [0.2, 0.25) is 11.8 Å². The molecular weight excluding hydrogens is 681 g/mol. The molecule has 7 nitrogen and oxygen atoms in total. The number of alkyl halides is 3. The van der Waals surface area contributed by atoms with Crippen molar-refractivity contribution < 1.29 is 37.4 Å². The molecule has 4 aromatic carbocycles. The molecule has 2 unspecified atom stereocenters. The van der Waals surface area contributed by atoms with Gasteiger partial charge in [0.15, 0.2) is 0 Å². The van der Waals surface area contributed by atoms with Crippen molar-refractivity contribution in [3.05, 3.63) is 125 Å². The SMILES string of the molecule is CCCC(CC)CC(=O)N1Cc2cc(OCCCc3ccc(C(F)(F)F)cc3)ccc2CC1C(N)=O.O=C(O)CCc1ccc(-c2ccccc2)cc1. The minimum absolute atomic E-state index is 0.0485. The van der Waals surface area contributed by atoms with Gasteiger partial charge in [0.05, 0.1) is 12.2 Å². The van der Waals surface area contributed by atoms with Gasteiger partial charge in [-0.2, -0.15) is 13.2 Å². The molecule has 2 atom stereocenters. The highest BCUT2D eigenvalue weighted by Crippen LogP contribution is 2.31. The predicted molar refractivity (Wildman–Crippen MR) is 200 cm³/mol. The number of aliphatic carboxylic acids is 1. The first-order valence-electron chi connectivity index (χ1n) is 18.2. The first-order valence-corrected chi connectivity index (χ1v) is 18.2. The lowest BCUT2D eigenvalue weighted by Crippen LogP contribution is -2.51. The molecule has 53 heavy (non-hydrogen) atoms. The number of halogens is 3. The molecule has 0 aliphatic carbocycles. The van der Waals surface area contributed by atoms with Crippen LogP contribution in [0, 0.1) is 5.92 Å². The summed E-state index contributed by atoms with van der Waals surface area (Å²) >= 11 is 0. The van der Waals surface area contributed by atoms with Crippen molar-refractivity contribution in [2.24, 2.45) is 11.7 Å². The molecule has 282 valence electrons. The van der Waals surface area contributed by atoms with Crippen LogP contribution in [-0.4, -0.2) is 40.4 Å². The number of carbonyl (C=O) groups excluding carboxylic acids is 2. The highest BCUT2D eigenvalue weighted by atomic mass is 19.4. The van der Waals surface area contributed by atoms with E-state index in [1.165, 1.54) is 17.7 Å². The Kier molecular flexibility index (Phi) is 15.1. The van der Waals surface area contributed by atoms with Crippen LogP contribution in [0.4, 0.5) is 13.2 Å². The number of ether oxygens (including phenoxy) is 1. The van der Waals surface area contributed by atoms with E-state index in [0.717, 1.165) is 59.2 Å². The normalized spacial score (nSPS) is 14.4. The van der Waals surface area contributed by atoms with Crippen molar-refractivity contribution in [1.29, 1.82) is 0 Å². The number of hydrogen-bond acceptors (Lipinski definition) is 4. The zero-order valence-corrected chi connectivity index (χ0v) is 30.4. The van der Waals surface area contributed by atoms with E-state index in [2.05, 4.69) is 26.0 Å². The number of hydrogen-bond donors (Lipinski definition) is 2. The van der Waals surface area contributed by atoms with Gasteiger partial charge in [0, 0.05) is 25.8 Å². The van der Waals surface area contributed by atoms with Gasteiger partial charge in [-0.25, -0.2) is 0 Å². The van der Waals surface area contributed by atoms with Crippen LogP contribution in [0.5, 0.6) is 5.75 Å². The summed E-state index contributed by atoms with van der Waals surface area (Å²) in [5.41, 5.74) is 11.1. The Morgan fingerprint density at radius 1 is 0.868 bits per heavy atom. The number of carboxylic acids is 1. The molecule has 0 spiro atoms. The number of aryl methyl sites for hydroxylation is 2. The van der Waals surface area contributed by atoms with E-state index in [-0.39, 0.29) is 18.2 Å². The number of primary amides is 1. The number of fused-ring (bicyclic) bond motifs is 1. The molecule has 2 amide bonds. The van der Waals surface area contributed by atoms with Crippen LogP contribution in [0.25, 0.3) is 11.1 Å². The van der Waals surface area contributed by atoms with E-state index in [4.69, 9.17) is 15.6 Å². The quantitative estimate of drug-likeness (QED) is 0.119. The van der Waals surface area contributed by atoms with Gasteiger partial charge in [0.25, 0.3) is 0 Å². The fourth-order valence-electron chi connectivity index (χ4n) is 6.46. The van der Waals surface area contributed by atoms with E-state index in [9.17, 15) is 27.6 Å². The molecule has 0 saturated carbocycles. The first-order chi connectivity index (χ1) is 25.4. The van der Waals surface area contributed by atoms with Crippen LogP contribution in [0.3, 0.4) is 0 Å². The second-order valence-electron chi connectivity index (χ2n) is 13.4. The maximum Gasteiger partial charge on any atom is 0.416 e. The molecule has 1 heterocycles. The molecule has 1 aliphatic heterocycles. The third kappa shape index (κ3) is 12.5. The predicted octanol–water partition coefficient (Wildman–Crippen LogP) is 9.04. The molecule has 10 heteroatoms. The van der Waals surface area contributed by atoms with E-state index in [1.807, 2.05) is 60.7 Å². The lowest BCUT2D eigenvalue weighted by molar-refractivity contribution is -0.141. The Balaban J connectivity index is 0.000000306. The van der Waals surface area contributed by atoms with Crippen LogP contribution >= 0.6 is 0 Å². The Hall–Kier alpha value is -5.12. The lowest BCUT2D eigenvalue weighted by atomic mass is 9.91. The summed E-state index contributed by atoms with van der Waals surface area (Å²) in [6, 6.07) is 28.3. The van der Waals surface area contributed by atoms with Crippen LogP contribution in [-0.2, 0) is 46.4 Å². The van der Waals surface area contributed by atoms with Crippen molar-refractivity contribution in [3.8, 4) is 16.9 Å². The minimum Gasteiger partial charge on any atom is -0.494 e. The number of benzene rings is 4. The number of carboxylic acid groups (broad SMARTS) is 1.